The van der Waals surface area contributed by atoms with Crippen LogP contribution in [0.1, 0.15) is 32.6 Å². The van der Waals surface area contributed by atoms with Gasteiger partial charge in [0.05, 0.1) is 12.3 Å². The van der Waals surface area contributed by atoms with Crippen molar-refractivity contribution in [3.63, 3.8) is 0 Å². The molecule has 0 saturated heterocycles. The third-order valence-corrected chi connectivity index (χ3v) is 3.85. The lowest BCUT2D eigenvalue weighted by atomic mass is 10.2. The van der Waals surface area contributed by atoms with Crippen LogP contribution >= 0.6 is 0 Å². The standard InChI is InChI=1S/C11H23N3O2S/c1-3-14(17(2,15)16)11-7-10-13-9-6-4-5-8-12/h13H,3-7,9-11H2,1-2H3. The van der Waals surface area contributed by atoms with Gasteiger partial charge in [0.2, 0.25) is 10.0 Å². The summed E-state index contributed by atoms with van der Waals surface area (Å²) in [6.45, 7) is 4.66. The van der Waals surface area contributed by atoms with E-state index in [4.69, 9.17) is 5.26 Å². The summed E-state index contributed by atoms with van der Waals surface area (Å²) in [5.74, 6) is 0. The molecule has 0 aliphatic carbocycles. The topological polar surface area (TPSA) is 73.2 Å². The molecule has 0 radical (unpaired) electrons. The first kappa shape index (κ1) is 16.4. The Morgan fingerprint density at radius 2 is 1.88 bits per heavy atom. The van der Waals surface area contributed by atoms with Crippen molar-refractivity contribution in [2.75, 3.05) is 32.4 Å². The Balaban J connectivity index is 3.48. The van der Waals surface area contributed by atoms with Gasteiger partial charge in [0.1, 0.15) is 0 Å². The summed E-state index contributed by atoms with van der Waals surface area (Å²) in [5.41, 5.74) is 0. The number of unbranched alkanes of at least 4 members (excludes halogenated alkanes) is 2. The van der Waals surface area contributed by atoms with E-state index in [0.717, 1.165) is 32.4 Å². The van der Waals surface area contributed by atoms with Gasteiger partial charge in [-0.25, -0.2) is 12.7 Å². The molecule has 0 rings (SSSR count). The van der Waals surface area contributed by atoms with E-state index in [-0.39, 0.29) is 0 Å². The molecule has 100 valence electrons. The van der Waals surface area contributed by atoms with Crippen molar-refractivity contribution in [1.82, 2.24) is 9.62 Å². The van der Waals surface area contributed by atoms with Crippen molar-refractivity contribution < 1.29 is 8.42 Å². The number of nitrogens with one attached hydrogen (secondary N) is 1. The number of hydrogen-bond donors (Lipinski definition) is 1. The molecule has 1 N–H and O–H groups in total. The number of sulfonamides is 1. The lowest BCUT2D eigenvalue weighted by Gasteiger charge is -2.17. The van der Waals surface area contributed by atoms with Gasteiger partial charge in [0, 0.05) is 19.5 Å². The van der Waals surface area contributed by atoms with Crippen molar-refractivity contribution in [3.8, 4) is 6.07 Å². The second kappa shape index (κ2) is 9.40. The van der Waals surface area contributed by atoms with Gasteiger partial charge < -0.3 is 5.32 Å². The lowest BCUT2D eigenvalue weighted by molar-refractivity contribution is 0.418. The fourth-order valence-corrected chi connectivity index (χ4v) is 2.45. The average molecular weight is 261 g/mol. The number of nitriles is 1. The molecule has 0 aliphatic heterocycles. The van der Waals surface area contributed by atoms with Crippen molar-refractivity contribution >= 4 is 10.0 Å². The van der Waals surface area contributed by atoms with Crippen LogP contribution in [-0.2, 0) is 10.0 Å². The Kier molecular flexibility index (Phi) is 9.04. The molecule has 0 aromatic rings. The van der Waals surface area contributed by atoms with Gasteiger partial charge in [-0.05, 0) is 32.4 Å². The van der Waals surface area contributed by atoms with Crippen molar-refractivity contribution in [1.29, 1.82) is 5.26 Å². The Morgan fingerprint density at radius 3 is 2.41 bits per heavy atom. The maximum Gasteiger partial charge on any atom is 0.211 e. The fourth-order valence-electron chi connectivity index (χ4n) is 1.52. The smallest absolute Gasteiger partial charge is 0.211 e. The Bertz CT molecular complexity index is 322. The third-order valence-electron chi connectivity index (χ3n) is 2.47. The Labute approximate surface area is 105 Å². The monoisotopic (exact) mass is 261 g/mol. The van der Waals surface area contributed by atoms with E-state index in [1.807, 2.05) is 6.92 Å². The van der Waals surface area contributed by atoms with Gasteiger partial charge in [0.15, 0.2) is 0 Å². The second-order valence-electron chi connectivity index (χ2n) is 3.97. The van der Waals surface area contributed by atoms with E-state index < -0.39 is 10.0 Å². The fraction of sp³-hybridized carbons (Fsp3) is 0.909. The van der Waals surface area contributed by atoms with Gasteiger partial charge >= 0.3 is 0 Å². The predicted molar refractivity (Wildman–Crippen MR) is 69.0 cm³/mol. The molecule has 0 saturated carbocycles. The van der Waals surface area contributed by atoms with Gasteiger partial charge in [0.25, 0.3) is 0 Å². The first-order chi connectivity index (χ1) is 8.02. The molecular formula is C11H23N3O2S. The predicted octanol–water partition coefficient (Wildman–Crippen LogP) is 0.941. The summed E-state index contributed by atoms with van der Waals surface area (Å²) < 4.78 is 24.0. The highest BCUT2D eigenvalue weighted by molar-refractivity contribution is 7.88. The van der Waals surface area contributed by atoms with E-state index in [9.17, 15) is 8.42 Å². The lowest BCUT2D eigenvalue weighted by Crippen LogP contribution is -2.32. The van der Waals surface area contributed by atoms with Crippen molar-refractivity contribution in [3.05, 3.63) is 0 Å². The third kappa shape index (κ3) is 9.10. The first-order valence-electron chi connectivity index (χ1n) is 6.05. The summed E-state index contributed by atoms with van der Waals surface area (Å²) >= 11 is 0. The molecule has 0 spiro atoms. The highest BCUT2D eigenvalue weighted by Crippen LogP contribution is 1.98. The summed E-state index contributed by atoms with van der Waals surface area (Å²) in [7, 11) is -3.05. The molecular weight excluding hydrogens is 238 g/mol. The molecule has 6 heteroatoms. The zero-order valence-corrected chi connectivity index (χ0v) is 11.6. The van der Waals surface area contributed by atoms with Gasteiger partial charge in [-0.1, -0.05) is 6.92 Å². The quantitative estimate of drug-likeness (QED) is 0.594. The summed E-state index contributed by atoms with van der Waals surface area (Å²) in [6, 6.07) is 2.11. The van der Waals surface area contributed by atoms with E-state index >= 15 is 0 Å². The minimum absolute atomic E-state index is 0.529. The van der Waals surface area contributed by atoms with Crippen LogP contribution in [0.15, 0.2) is 0 Å². The molecule has 17 heavy (non-hydrogen) atoms. The second-order valence-corrected chi connectivity index (χ2v) is 5.96. The van der Waals surface area contributed by atoms with Gasteiger partial charge in [-0.15, -0.1) is 0 Å². The first-order valence-corrected chi connectivity index (χ1v) is 7.90. The molecule has 0 aromatic carbocycles. The maximum absolute atomic E-state index is 11.3. The van der Waals surface area contributed by atoms with Crippen LogP contribution in [-0.4, -0.2) is 45.2 Å². The van der Waals surface area contributed by atoms with Crippen LogP contribution in [0.25, 0.3) is 0 Å². The molecule has 0 heterocycles. The minimum Gasteiger partial charge on any atom is -0.317 e. The number of nitrogens with zero attached hydrogens (tertiary/aromatic N) is 2. The van der Waals surface area contributed by atoms with Crippen LogP contribution in [0.2, 0.25) is 0 Å². The maximum atomic E-state index is 11.3. The Morgan fingerprint density at radius 1 is 1.24 bits per heavy atom. The number of rotatable bonds is 10. The van der Waals surface area contributed by atoms with Crippen LogP contribution < -0.4 is 5.32 Å². The summed E-state index contributed by atoms with van der Waals surface area (Å²) in [6.07, 6.45) is 4.59. The van der Waals surface area contributed by atoms with Crippen LogP contribution in [0.3, 0.4) is 0 Å². The molecule has 0 aliphatic rings. The molecule has 0 fully saturated rings. The van der Waals surface area contributed by atoms with Gasteiger partial charge in [-0.2, -0.15) is 5.26 Å². The summed E-state index contributed by atoms with van der Waals surface area (Å²) in [4.78, 5) is 0. The van der Waals surface area contributed by atoms with Crippen molar-refractivity contribution in [2.45, 2.75) is 32.6 Å². The average Bonchev–Trinajstić information content (AvgIpc) is 2.25. The van der Waals surface area contributed by atoms with E-state index in [1.165, 1.54) is 10.6 Å². The van der Waals surface area contributed by atoms with Crippen molar-refractivity contribution in [2.24, 2.45) is 0 Å². The Hall–Kier alpha value is -0.640. The molecule has 0 aromatic heterocycles. The highest BCUT2D eigenvalue weighted by atomic mass is 32.2. The van der Waals surface area contributed by atoms with Gasteiger partial charge in [-0.3, -0.25) is 0 Å². The zero-order chi connectivity index (χ0) is 13.1. The molecule has 0 bridgehead atoms. The molecule has 5 nitrogen and oxygen atoms in total. The minimum atomic E-state index is -3.05. The van der Waals surface area contributed by atoms with E-state index in [2.05, 4.69) is 11.4 Å². The molecule has 0 amide bonds. The largest absolute Gasteiger partial charge is 0.317 e. The van der Waals surface area contributed by atoms with Crippen LogP contribution in [0.4, 0.5) is 0 Å². The molecule has 0 atom stereocenters. The van der Waals surface area contributed by atoms with Crippen LogP contribution in [0.5, 0.6) is 0 Å². The zero-order valence-electron chi connectivity index (χ0n) is 10.8. The highest BCUT2D eigenvalue weighted by Gasteiger charge is 2.12. The van der Waals surface area contributed by atoms with E-state index in [1.54, 1.807) is 0 Å². The molecule has 0 unspecified atom stereocenters. The number of hydrogen-bond acceptors (Lipinski definition) is 4. The normalized spacial score (nSPS) is 11.6. The summed E-state index contributed by atoms with van der Waals surface area (Å²) in [5, 5.41) is 11.6. The van der Waals surface area contributed by atoms with E-state index in [0.29, 0.717) is 19.5 Å². The van der Waals surface area contributed by atoms with Crippen LogP contribution in [0, 0.1) is 11.3 Å². The SMILES string of the molecule is CCN(CCCNCCCCC#N)S(C)(=O)=O.